The average Bonchev–Trinajstić information content (AvgIpc) is 2.18. The van der Waals surface area contributed by atoms with Gasteiger partial charge < -0.3 is 4.74 Å². The molecule has 94 valence electrons. The van der Waals surface area contributed by atoms with Crippen LogP contribution >= 0.6 is 11.6 Å². The van der Waals surface area contributed by atoms with Gasteiger partial charge in [0.1, 0.15) is 12.4 Å². The SMILES string of the molecule is CC(C)(C)OCC(=O)Cc1ccc(Cl)cc1F. The molecule has 0 heterocycles. The zero-order valence-electron chi connectivity index (χ0n) is 10.2. The van der Waals surface area contributed by atoms with Gasteiger partial charge in [-0.05, 0) is 38.5 Å². The molecule has 1 aromatic rings. The fraction of sp³-hybridized carbons (Fsp3) is 0.462. The number of carbonyl (C=O) groups is 1. The summed E-state index contributed by atoms with van der Waals surface area (Å²) in [6.07, 6.45) is 0.0269. The highest BCUT2D eigenvalue weighted by molar-refractivity contribution is 6.30. The van der Waals surface area contributed by atoms with Gasteiger partial charge >= 0.3 is 0 Å². The van der Waals surface area contributed by atoms with Gasteiger partial charge in [-0.25, -0.2) is 4.39 Å². The van der Waals surface area contributed by atoms with Gasteiger partial charge in [-0.1, -0.05) is 17.7 Å². The van der Waals surface area contributed by atoms with Crippen molar-refractivity contribution < 1.29 is 13.9 Å². The first kappa shape index (κ1) is 14.1. The smallest absolute Gasteiger partial charge is 0.162 e. The Kier molecular flexibility index (Phi) is 4.66. The molecule has 0 unspecified atom stereocenters. The second-order valence-corrected chi connectivity index (χ2v) is 5.29. The summed E-state index contributed by atoms with van der Waals surface area (Å²) in [7, 11) is 0. The van der Waals surface area contributed by atoms with Gasteiger partial charge in [0.15, 0.2) is 5.78 Å². The number of rotatable bonds is 4. The van der Waals surface area contributed by atoms with E-state index in [9.17, 15) is 9.18 Å². The van der Waals surface area contributed by atoms with Crippen molar-refractivity contribution in [1.82, 2.24) is 0 Å². The minimum absolute atomic E-state index is 0.00837. The summed E-state index contributed by atoms with van der Waals surface area (Å²) in [5, 5.41) is 0.324. The molecule has 0 N–H and O–H groups in total. The highest BCUT2D eigenvalue weighted by atomic mass is 35.5. The molecule has 0 fully saturated rings. The summed E-state index contributed by atoms with van der Waals surface area (Å²) < 4.78 is 18.7. The van der Waals surface area contributed by atoms with Crippen molar-refractivity contribution in [2.24, 2.45) is 0 Å². The summed E-state index contributed by atoms with van der Waals surface area (Å²) in [4.78, 5) is 11.6. The number of ether oxygens (including phenoxy) is 1. The molecule has 0 atom stereocenters. The quantitative estimate of drug-likeness (QED) is 0.827. The zero-order chi connectivity index (χ0) is 13.1. The van der Waals surface area contributed by atoms with Crippen LogP contribution in [0.1, 0.15) is 26.3 Å². The number of carbonyl (C=O) groups excluding carboxylic acids is 1. The molecule has 1 aromatic carbocycles. The van der Waals surface area contributed by atoms with Crippen LogP contribution in [0.25, 0.3) is 0 Å². The second-order valence-electron chi connectivity index (χ2n) is 4.85. The third kappa shape index (κ3) is 5.29. The molecule has 0 bridgehead atoms. The topological polar surface area (TPSA) is 26.3 Å². The lowest BCUT2D eigenvalue weighted by Gasteiger charge is -2.18. The highest BCUT2D eigenvalue weighted by Gasteiger charge is 2.14. The third-order valence-corrected chi connectivity index (χ3v) is 2.30. The number of ketones is 1. The lowest BCUT2D eigenvalue weighted by molar-refractivity contribution is -0.127. The standard InChI is InChI=1S/C13H16ClFO2/c1-13(2,3)17-8-11(16)6-9-4-5-10(14)7-12(9)15/h4-5,7H,6,8H2,1-3H3. The van der Waals surface area contributed by atoms with Crippen LogP contribution < -0.4 is 0 Å². The Balaban J connectivity index is 2.57. The first-order chi connectivity index (χ1) is 7.78. The van der Waals surface area contributed by atoms with Crippen molar-refractivity contribution in [3.05, 3.63) is 34.6 Å². The van der Waals surface area contributed by atoms with Crippen LogP contribution in [0.15, 0.2) is 18.2 Å². The van der Waals surface area contributed by atoms with Crippen molar-refractivity contribution in [1.29, 1.82) is 0 Å². The first-order valence-corrected chi connectivity index (χ1v) is 5.75. The Morgan fingerprint density at radius 3 is 2.59 bits per heavy atom. The maximum atomic E-state index is 13.4. The normalized spacial score (nSPS) is 11.6. The molecule has 2 nitrogen and oxygen atoms in total. The lowest BCUT2D eigenvalue weighted by atomic mass is 10.1. The predicted molar refractivity (Wildman–Crippen MR) is 65.8 cm³/mol. The van der Waals surface area contributed by atoms with Gasteiger partial charge in [0, 0.05) is 11.4 Å². The number of halogens is 2. The maximum absolute atomic E-state index is 13.4. The van der Waals surface area contributed by atoms with Gasteiger partial charge in [-0.3, -0.25) is 4.79 Å². The fourth-order valence-corrected chi connectivity index (χ4v) is 1.38. The number of hydrogen-bond acceptors (Lipinski definition) is 2. The van der Waals surface area contributed by atoms with Gasteiger partial charge in [-0.2, -0.15) is 0 Å². The molecule has 0 radical (unpaired) electrons. The molecule has 0 amide bonds. The Hall–Kier alpha value is -0.930. The largest absolute Gasteiger partial charge is 0.368 e. The van der Waals surface area contributed by atoms with E-state index in [0.29, 0.717) is 10.6 Å². The summed E-state index contributed by atoms with van der Waals surface area (Å²) in [6, 6.07) is 4.29. The van der Waals surface area contributed by atoms with Gasteiger partial charge in [0.05, 0.1) is 5.60 Å². The van der Waals surface area contributed by atoms with Crippen LogP contribution in [-0.4, -0.2) is 18.0 Å². The molecule has 1 rings (SSSR count). The second kappa shape index (κ2) is 5.61. The van der Waals surface area contributed by atoms with Crippen molar-refractivity contribution >= 4 is 17.4 Å². The zero-order valence-corrected chi connectivity index (χ0v) is 11.0. The average molecular weight is 259 g/mol. The first-order valence-electron chi connectivity index (χ1n) is 5.37. The van der Waals surface area contributed by atoms with Crippen molar-refractivity contribution in [2.75, 3.05) is 6.61 Å². The number of benzene rings is 1. The molecule has 0 aliphatic rings. The van der Waals surface area contributed by atoms with E-state index in [1.54, 1.807) is 6.07 Å². The molecule has 0 aliphatic carbocycles. The van der Waals surface area contributed by atoms with E-state index in [1.165, 1.54) is 12.1 Å². The van der Waals surface area contributed by atoms with Crippen LogP contribution in [0.3, 0.4) is 0 Å². The lowest BCUT2D eigenvalue weighted by Crippen LogP contribution is -2.24. The Bertz CT molecular complexity index is 410. The fourth-order valence-electron chi connectivity index (χ4n) is 1.23. The molecular weight excluding hydrogens is 243 g/mol. The summed E-state index contributed by atoms with van der Waals surface area (Å²) in [5.74, 6) is -0.609. The van der Waals surface area contributed by atoms with Crippen LogP contribution in [0, 0.1) is 5.82 Å². The van der Waals surface area contributed by atoms with Crippen LogP contribution in [0.2, 0.25) is 5.02 Å². The maximum Gasteiger partial charge on any atom is 0.162 e. The van der Waals surface area contributed by atoms with E-state index in [0.717, 1.165) is 0 Å². The van der Waals surface area contributed by atoms with Crippen molar-refractivity contribution in [2.45, 2.75) is 32.8 Å². The van der Waals surface area contributed by atoms with E-state index in [2.05, 4.69) is 0 Å². The Labute approximate surface area is 106 Å². The van der Waals surface area contributed by atoms with E-state index in [4.69, 9.17) is 16.3 Å². The van der Waals surface area contributed by atoms with Crippen LogP contribution in [-0.2, 0) is 16.0 Å². The van der Waals surface area contributed by atoms with Gasteiger partial charge in [0.2, 0.25) is 0 Å². The minimum Gasteiger partial charge on any atom is -0.368 e. The molecule has 17 heavy (non-hydrogen) atoms. The van der Waals surface area contributed by atoms with Crippen LogP contribution in [0.5, 0.6) is 0 Å². The molecule has 0 saturated heterocycles. The van der Waals surface area contributed by atoms with Gasteiger partial charge in [0.25, 0.3) is 0 Å². The summed E-state index contributed by atoms with van der Waals surface area (Å²) >= 11 is 5.62. The van der Waals surface area contributed by atoms with E-state index in [-0.39, 0.29) is 24.4 Å². The number of Topliss-reactive ketones (excluding diaryl/α,β-unsaturated/α-hetero) is 1. The molecule has 0 saturated carbocycles. The van der Waals surface area contributed by atoms with E-state index < -0.39 is 5.82 Å². The number of hydrogen-bond donors (Lipinski definition) is 0. The van der Waals surface area contributed by atoms with E-state index >= 15 is 0 Å². The molecule has 0 spiro atoms. The Morgan fingerprint density at radius 1 is 1.41 bits per heavy atom. The van der Waals surface area contributed by atoms with E-state index in [1.807, 2.05) is 20.8 Å². The van der Waals surface area contributed by atoms with Gasteiger partial charge in [-0.15, -0.1) is 0 Å². The summed E-state index contributed by atoms with van der Waals surface area (Å²) in [5.41, 5.74) is -0.0225. The molecular formula is C13H16ClFO2. The molecule has 0 aliphatic heterocycles. The third-order valence-electron chi connectivity index (χ3n) is 2.07. The molecule has 0 aromatic heterocycles. The monoisotopic (exact) mass is 258 g/mol. The predicted octanol–water partition coefficient (Wildman–Crippen LogP) is 3.41. The summed E-state index contributed by atoms with van der Waals surface area (Å²) in [6.45, 7) is 5.58. The minimum atomic E-state index is -0.457. The van der Waals surface area contributed by atoms with Crippen LogP contribution in [0.4, 0.5) is 4.39 Å². The van der Waals surface area contributed by atoms with Crippen molar-refractivity contribution in [3.8, 4) is 0 Å². The molecule has 4 heteroatoms. The highest BCUT2D eigenvalue weighted by Crippen LogP contribution is 2.15. The van der Waals surface area contributed by atoms with Crippen molar-refractivity contribution in [3.63, 3.8) is 0 Å². The Morgan fingerprint density at radius 2 is 2.06 bits per heavy atom.